The van der Waals surface area contributed by atoms with Crippen LogP contribution >= 0.6 is 0 Å². The van der Waals surface area contributed by atoms with E-state index in [2.05, 4.69) is 4.72 Å². The minimum absolute atomic E-state index is 0.193. The number of carbonyl (C=O) groups is 1. The van der Waals surface area contributed by atoms with Crippen molar-refractivity contribution in [3.05, 3.63) is 29.3 Å². The second kappa shape index (κ2) is 9.17. The van der Waals surface area contributed by atoms with E-state index in [9.17, 15) is 13.2 Å². The van der Waals surface area contributed by atoms with Crippen LogP contribution in [-0.2, 0) is 19.6 Å². The molecule has 148 valence electrons. The van der Waals surface area contributed by atoms with Gasteiger partial charge in [0.25, 0.3) is 5.91 Å². The van der Waals surface area contributed by atoms with Gasteiger partial charge in [-0.05, 0) is 37.5 Å². The third kappa shape index (κ3) is 5.92. The first-order valence-corrected chi connectivity index (χ1v) is 10.5. The molecule has 1 heterocycles. The Hall–Kier alpha value is -2.15. The zero-order valence-electron chi connectivity index (χ0n) is 15.8. The van der Waals surface area contributed by atoms with Crippen molar-refractivity contribution in [2.24, 2.45) is 0 Å². The van der Waals surface area contributed by atoms with Crippen LogP contribution in [0.3, 0.4) is 0 Å². The molecule has 9 heteroatoms. The topological polar surface area (TPSA) is 109 Å². The highest BCUT2D eigenvalue weighted by Gasteiger charge is 2.35. The monoisotopic (exact) mass is 395 g/mol. The molecule has 1 amide bonds. The van der Waals surface area contributed by atoms with E-state index >= 15 is 0 Å². The lowest BCUT2D eigenvalue weighted by molar-refractivity contribution is -0.139. The second-order valence-electron chi connectivity index (χ2n) is 6.63. The Morgan fingerprint density at radius 2 is 2.19 bits per heavy atom. The van der Waals surface area contributed by atoms with Crippen molar-refractivity contribution in [1.29, 1.82) is 5.26 Å². The summed E-state index contributed by atoms with van der Waals surface area (Å²) in [6.07, 6.45) is 2.42. The molecule has 0 aliphatic carbocycles. The van der Waals surface area contributed by atoms with Crippen LogP contribution in [0.15, 0.2) is 18.2 Å². The maximum absolute atomic E-state index is 12.7. The minimum Gasteiger partial charge on any atom is -0.483 e. The smallest absolute Gasteiger partial charge is 0.260 e. The van der Waals surface area contributed by atoms with E-state index in [1.165, 1.54) is 7.11 Å². The number of methoxy groups -OCH3 is 1. The molecule has 1 saturated heterocycles. The summed E-state index contributed by atoms with van der Waals surface area (Å²) in [4.78, 5) is 14.3. The van der Waals surface area contributed by atoms with Crippen LogP contribution in [0.2, 0.25) is 0 Å². The third-order valence-corrected chi connectivity index (χ3v) is 5.20. The molecule has 1 N–H and O–H groups in total. The fraction of sp³-hybridized carbons (Fsp3) is 0.556. The van der Waals surface area contributed by atoms with Crippen LogP contribution < -0.4 is 9.46 Å². The van der Waals surface area contributed by atoms with Crippen molar-refractivity contribution in [1.82, 2.24) is 9.62 Å². The van der Waals surface area contributed by atoms with Gasteiger partial charge in [-0.25, -0.2) is 13.1 Å². The Bertz CT molecular complexity index is 819. The van der Waals surface area contributed by atoms with Gasteiger partial charge in [0.05, 0.1) is 30.5 Å². The maximum atomic E-state index is 12.7. The number of nitrogens with one attached hydrogen (secondary N) is 1. The summed E-state index contributed by atoms with van der Waals surface area (Å²) in [5, 5.41) is 9.00. The maximum Gasteiger partial charge on any atom is 0.260 e. The number of likely N-dealkylation sites (tertiary alicyclic amines) is 1. The second-order valence-corrected chi connectivity index (χ2v) is 8.41. The Morgan fingerprint density at radius 3 is 2.81 bits per heavy atom. The first-order valence-electron chi connectivity index (χ1n) is 8.64. The Balaban J connectivity index is 2.10. The standard InChI is InChI=1S/C18H25N3O5S/c1-13-6-7-14(10-19)9-17(13)26-12-18(22)21-8-4-5-15(16(21)11-25-2)20-27(3,23)24/h6-7,9,15-16,20H,4-5,8,11-12H2,1-3H3/t15-,16-/m0/s1. The van der Waals surface area contributed by atoms with Crippen LogP contribution in [-0.4, -0.2) is 64.4 Å². The summed E-state index contributed by atoms with van der Waals surface area (Å²) in [5.74, 6) is 0.229. The quantitative estimate of drug-likeness (QED) is 0.731. The number of rotatable bonds is 7. The molecule has 0 bridgehead atoms. The molecule has 0 saturated carbocycles. The molecule has 0 spiro atoms. The molecule has 2 rings (SSSR count). The number of benzene rings is 1. The van der Waals surface area contributed by atoms with E-state index < -0.39 is 22.1 Å². The Labute approximate surface area is 160 Å². The van der Waals surface area contributed by atoms with Crippen molar-refractivity contribution < 1.29 is 22.7 Å². The predicted octanol–water partition coefficient (Wildman–Crippen LogP) is 0.801. The molecule has 1 aliphatic heterocycles. The highest BCUT2D eigenvalue weighted by Crippen LogP contribution is 2.22. The Kier molecular flexibility index (Phi) is 7.18. The van der Waals surface area contributed by atoms with Crippen LogP contribution in [0.1, 0.15) is 24.0 Å². The summed E-state index contributed by atoms with van der Waals surface area (Å²) in [6.45, 7) is 2.38. The van der Waals surface area contributed by atoms with Crippen LogP contribution in [0.25, 0.3) is 0 Å². The van der Waals surface area contributed by atoms with Gasteiger partial charge >= 0.3 is 0 Å². The summed E-state index contributed by atoms with van der Waals surface area (Å²) in [6, 6.07) is 6.28. The van der Waals surface area contributed by atoms with Gasteiger partial charge in [0.1, 0.15) is 5.75 Å². The summed E-state index contributed by atoms with van der Waals surface area (Å²) in [7, 11) is -1.88. The number of hydrogen-bond donors (Lipinski definition) is 1. The van der Waals surface area contributed by atoms with Crippen molar-refractivity contribution >= 4 is 15.9 Å². The van der Waals surface area contributed by atoms with Crippen molar-refractivity contribution in [2.45, 2.75) is 31.8 Å². The van der Waals surface area contributed by atoms with E-state index in [0.29, 0.717) is 30.7 Å². The molecule has 1 aromatic carbocycles. The predicted molar refractivity (Wildman–Crippen MR) is 99.8 cm³/mol. The minimum atomic E-state index is -3.40. The van der Waals surface area contributed by atoms with Gasteiger partial charge in [0, 0.05) is 19.7 Å². The van der Waals surface area contributed by atoms with Crippen molar-refractivity contribution in [2.75, 3.05) is 33.1 Å². The summed E-state index contributed by atoms with van der Waals surface area (Å²) in [5.41, 5.74) is 1.28. The number of amides is 1. The molecule has 1 fully saturated rings. The molecule has 0 aromatic heterocycles. The molecule has 1 aliphatic rings. The van der Waals surface area contributed by atoms with Crippen LogP contribution in [0, 0.1) is 18.3 Å². The van der Waals surface area contributed by atoms with Gasteiger partial charge in [-0.15, -0.1) is 0 Å². The molecule has 2 atom stereocenters. The summed E-state index contributed by atoms with van der Waals surface area (Å²) >= 11 is 0. The lowest BCUT2D eigenvalue weighted by Crippen LogP contribution is -2.59. The zero-order chi connectivity index (χ0) is 20.0. The molecular formula is C18H25N3O5S. The van der Waals surface area contributed by atoms with Crippen molar-refractivity contribution in [3.63, 3.8) is 0 Å². The molecule has 8 nitrogen and oxygen atoms in total. The van der Waals surface area contributed by atoms with Gasteiger partial charge in [0.15, 0.2) is 6.61 Å². The number of nitriles is 1. The summed E-state index contributed by atoms with van der Waals surface area (Å²) < 4.78 is 36.7. The zero-order valence-corrected chi connectivity index (χ0v) is 16.6. The van der Waals surface area contributed by atoms with Crippen molar-refractivity contribution in [3.8, 4) is 11.8 Å². The first kappa shape index (κ1) is 21.2. The average Bonchev–Trinajstić information content (AvgIpc) is 2.61. The third-order valence-electron chi connectivity index (χ3n) is 4.47. The number of nitrogens with zero attached hydrogens (tertiary/aromatic N) is 2. The van der Waals surface area contributed by atoms with E-state index in [1.807, 2.05) is 13.0 Å². The van der Waals surface area contributed by atoms with Gasteiger partial charge in [-0.1, -0.05) is 6.07 Å². The number of carbonyl (C=O) groups excluding carboxylic acids is 1. The number of ether oxygens (including phenoxy) is 2. The largest absolute Gasteiger partial charge is 0.483 e. The van der Waals surface area contributed by atoms with Gasteiger partial charge in [-0.2, -0.15) is 5.26 Å². The molecular weight excluding hydrogens is 370 g/mol. The number of sulfonamides is 1. The fourth-order valence-electron chi connectivity index (χ4n) is 3.20. The lowest BCUT2D eigenvalue weighted by Gasteiger charge is -2.40. The molecule has 0 radical (unpaired) electrons. The first-order chi connectivity index (χ1) is 12.7. The van der Waals surface area contributed by atoms with E-state index in [0.717, 1.165) is 11.8 Å². The van der Waals surface area contributed by atoms with Crippen LogP contribution in [0.4, 0.5) is 0 Å². The Morgan fingerprint density at radius 1 is 1.44 bits per heavy atom. The SMILES string of the molecule is COC[C@H]1[C@@H](NS(C)(=O)=O)CCCN1C(=O)COc1cc(C#N)ccc1C. The fourth-order valence-corrected chi connectivity index (χ4v) is 4.03. The highest BCUT2D eigenvalue weighted by molar-refractivity contribution is 7.88. The molecule has 27 heavy (non-hydrogen) atoms. The van der Waals surface area contributed by atoms with Crippen LogP contribution in [0.5, 0.6) is 5.75 Å². The van der Waals surface area contributed by atoms with E-state index in [-0.39, 0.29) is 19.1 Å². The number of aryl methyl sites for hydroxylation is 1. The lowest BCUT2D eigenvalue weighted by atomic mass is 9.97. The molecule has 0 unspecified atom stereocenters. The van der Waals surface area contributed by atoms with Gasteiger partial charge in [0.2, 0.25) is 10.0 Å². The number of hydrogen-bond acceptors (Lipinski definition) is 6. The van der Waals surface area contributed by atoms with E-state index in [1.54, 1.807) is 23.1 Å². The molecule has 1 aromatic rings. The van der Waals surface area contributed by atoms with Gasteiger partial charge in [-0.3, -0.25) is 4.79 Å². The normalized spacial score (nSPS) is 20.1. The highest BCUT2D eigenvalue weighted by atomic mass is 32.2. The van der Waals surface area contributed by atoms with E-state index in [4.69, 9.17) is 14.7 Å². The number of piperidine rings is 1. The average molecular weight is 395 g/mol. The van der Waals surface area contributed by atoms with Gasteiger partial charge < -0.3 is 14.4 Å².